The second kappa shape index (κ2) is 9.53. The molecule has 6 nitrogen and oxygen atoms in total. The highest BCUT2D eigenvalue weighted by atomic mass is 28.4. The molecule has 0 unspecified atom stereocenters. The summed E-state index contributed by atoms with van der Waals surface area (Å²) in [4.78, 5) is 11.3. The van der Waals surface area contributed by atoms with Gasteiger partial charge in [0.1, 0.15) is 12.2 Å². The van der Waals surface area contributed by atoms with Crippen molar-refractivity contribution in [2.75, 3.05) is 14.2 Å². The molecule has 0 spiro atoms. The lowest BCUT2D eigenvalue weighted by Gasteiger charge is -2.36. The Balaban J connectivity index is 4.97. The smallest absolute Gasteiger partial charge is 0.337 e. The van der Waals surface area contributed by atoms with Gasteiger partial charge >= 0.3 is 5.97 Å². The predicted octanol–water partition coefficient (Wildman–Crippen LogP) is 1.31. The van der Waals surface area contributed by atoms with Crippen LogP contribution in [0.2, 0.25) is 18.1 Å². The molecular formula is C14H30O6Si. The van der Waals surface area contributed by atoms with Crippen molar-refractivity contribution in [3.63, 3.8) is 0 Å². The Morgan fingerprint density at radius 3 is 1.90 bits per heavy atom. The van der Waals surface area contributed by atoms with E-state index in [4.69, 9.17) is 9.16 Å². The summed E-state index contributed by atoms with van der Waals surface area (Å²) in [5, 5.41) is 19.9. The molecule has 126 valence electrons. The number of methoxy groups -OCH3 is 2. The minimum absolute atomic E-state index is 0.421. The molecule has 0 aliphatic carbocycles. The lowest BCUT2D eigenvalue weighted by molar-refractivity contribution is -0.167. The van der Waals surface area contributed by atoms with Gasteiger partial charge in [0, 0.05) is 7.11 Å². The zero-order valence-electron chi connectivity index (χ0n) is 14.0. The third kappa shape index (κ3) is 5.34. The van der Waals surface area contributed by atoms with E-state index >= 15 is 0 Å². The van der Waals surface area contributed by atoms with Crippen molar-refractivity contribution < 1.29 is 28.9 Å². The van der Waals surface area contributed by atoms with E-state index in [1.54, 1.807) is 6.92 Å². The summed E-state index contributed by atoms with van der Waals surface area (Å²) in [7, 11) is 0.713. The van der Waals surface area contributed by atoms with Crippen LogP contribution in [0.1, 0.15) is 27.7 Å². The average Bonchev–Trinajstić information content (AvgIpc) is 2.51. The Kier molecular flexibility index (Phi) is 9.31. The summed E-state index contributed by atoms with van der Waals surface area (Å²) in [6.07, 6.45) is -4.26. The first-order valence-electron chi connectivity index (χ1n) is 7.46. The van der Waals surface area contributed by atoms with E-state index in [-0.39, 0.29) is 0 Å². The molecule has 0 heterocycles. The highest BCUT2D eigenvalue weighted by Crippen LogP contribution is 2.26. The highest BCUT2D eigenvalue weighted by molar-refractivity contribution is 6.73. The number of aliphatic hydroxyl groups is 2. The van der Waals surface area contributed by atoms with E-state index < -0.39 is 38.7 Å². The minimum Gasteiger partial charge on any atom is -0.467 e. The Morgan fingerprint density at radius 2 is 1.57 bits per heavy atom. The van der Waals surface area contributed by atoms with Gasteiger partial charge in [0.15, 0.2) is 14.4 Å². The maximum Gasteiger partial charge on any atom is 0.337 e. The van der Waals surface area contributed by atoms with Crippen LogP contribution in [0, 0.1) is 0 Å². The van der Waals surface area contributed by atoms with Crippen molar-refractivity contribution in [2.45, 2.75) is 70.2 Å². The molecule has 21 heavy (non-hydrogen) atoms. The SMILES string of the molecule is CC[Si](CC)(CC)O[C@@H](C)[C@H](OC)[C@@H](O)[C@H](O)C(=O)OC. The Bertz CT molecular complexity index is 300. The van der Waals surface area contributed by atoms with Crippen molar-refractivity contribution in [3.8, 4) is 0 Å². The van der Waals surface area contributed by atoms with Crippen LogP contribution >= 0.6 is 0 Å². The fraction of sp³-hybridized carbons (Fsp3) is 0.929. The summed E-state index contributed by atoms with van der Waals surface area (Å²) in [6, 6.07) is 2.91. The van der Waals surface area contributed by atoms with Crippen molar-refractivity contribution in [2.24, 2.45) is 0 Å². The zero-order chi connectivity index (χ0) is 16.6. The molecule has 0 fully saturated rings. The topological polar surface area (TPSA) is 85.2 Å². The third-order valence-electron chi connectivity index (χ3n) is 4.21. The van der Waals surface area contributed by atoms with E-state index in [0.717, 1.165) is 25.2 Å². The third-order valence-corrected chi connectivity index (χ3v) is 8.94. The molecule has 0 radical (unpaired) electrons. The molecule has 0 saturated heterocycles. The normalized spacial score (nSPS) is 17.9. The first-order chi connectivity index (χ1) is 9.82. The molecule has 0 aliphatic heterocycles. The quantitative estimate of drug-likeness (QED) is 0.466. The molecule has 7 heteroatoms. The lowest BCUT2D eigenvalue weighted by Crippen LogP contribution is -2.52. The van der Waals surface area contributed by atoms with E-state index in [1.807, 2.05) is 0 Å². The molecule has 0 aliphatic rings. The van der Waals surface area contributed by atoms with Crippen LogP contribution in [0.15, 0.2) is 0 Å². The van der Waals surface area contributed by atoms with Gasteiger partial charge in [-0.1, -0.05) is 20.8 Å². The molecule has 4 atom stereocenters. The fourth-order valence-electron chi connectivity index (χ4n) is 2.51. The van der Waals surface area contributed by atoms with Gasteiger partial charge in [-0.25, -0.2) is 4.79 Å². The van der Waals surface area contributed by atoms with Crippen molar-refractivity contribution in [3.05, 3.63) is 0 Å². The molecule has 0 aromatic rings. The number of carbonyl (C=O) groups is 1. The van der Waals surface area contributed by atoms with Crippen LogP contribution in [-0.2, 0) is 18.7 Å². The van der Waals surface area contributed by atoms with Crippen LogP contribution in [0.3, 0.4) is 0 Å². The van der Waals surface area contributed by atoms with E-state index in [0.29, 0.717) is 0 Å². The number of aliphatic hydroxyl groups excluding tert-OH is 2. The molecular weight excluding hydrogens is 292 g/mol. The van der Waals surface area contributed by atoms with Gasteiger partial charge < -0.3 is 24.1 Å². The molecule has 0 aromatic heterocycles. The molecule has 0 bridgehead atoms. The maximum absolute atomic E-state index is 11.3. The summed E-state index contributed by atoms with van der Waals surface area (Å²) < 4.78 is 15.9. The van der Waals surface area contributed by atoms with Crippen LogP contribution in [-0.4, -0.2) is 63.1 Å². The lowest BCUT2D eigenvalue weighted by atomic mass is 10.0. The maximum atomic E-state index is 11.3. The van der Waals surface area contributed by atoms with E-state index in [2.05, 4.69) is 25.5 Å². The van der Waals surface area contributed by atoms with Crippen LogP contribution < -0.4 is 0 Å². The second-order valence-electron chi connectivity index (χ2n) is 5.23. The van der Waals surface area contributed by atoms with Crippen LogP contribution in [0.4, 0.5) is 0 Å². The summed E-state index contributed by atoms with van der Waals surface area (Å²) in [5.41, 5.74) is 0. The van der Waals surface area contributed by atoms with Gasteiger partial charge in [0.05, 0.1) is 13.2 Å². The summed E-state index contributed by atoms with van der Waals surface area (Å²) >= 11 is 0. The van der Waals surface area contributed by atoms with Crippen molar-refractivity contribution in [1.82, 2.24) is 0 Å². The average molecular weight is 322 g/mol. The second-order valence-corrected chi connectivity index (χ2v) is 9.95. The zero-order valence-corrected chi connectivity index (χ0v) is 15.0. The van der Waals surface area contributed by atoms with Gasteiger partial charge in [-0.05, 0) is 25.1 Å². The first-order valence-corrected chi connectivity index (χ1v) is 9.99. The van der Waals surface area contributed by atoms with Gasteiger partial charge in [-0.2, -0.15) is 0 Å². The monoisotopic (exact) mass is 322 g/mol. The molecule has 0 aromatic carbocycles. The molecule has 0 saturated carbocycles. The fourth-order valence-corrected chi connectivity index (χ4v) is 5.43. The molecule has 2 N–H and O–H groups in total. The minimum atomic E-state index is -1.86. The van der Waals surface area contributed by atoms with Gasteiger partial charge in [-0.15, -0.1) is 0 Å². The number of rotatable bonds is 10. The predicted molar refractivity (Wildman–Crippen MR) is 82.6 cm³/mol. The number of ether oxygens (including phenoxy) is 2. The summed E-state index contributed by atoms with van der Waals surface area (Å²) in [6.45, 7) is 8.11. The molecule has 0 amide bonds. The standard InChI is InChI=1S/C14H30O6Si/c1-7-21(8-2,9-3)20-10(4)13(18-5)11(15)12(16)14(17)19-6/h10-13,15-16H,7-9H2,1-6H3/t10-,11-,12-,13-/m0/s1. The van der Waals surface area contributed by atoms with Gasteiger partial charge in [0.25, 0.3) is 0 Å². The van der Waals surface area contributed by atoms with Gasteiger partial charge in [-0.3, -0.25) is 0 Å². The number of esters is 1. The first kappa shape index (κ1) is 20.5. The van der Waals surface area contributed by atoms with E-state index in [1.165, 1.54) is 7.11 Å². The number of carbonyl (C=O) groups excluding carboxylic acids is 1. The summed E-state index contributed by atoms with van der Waals surface area (Å²) in [5.74, 6) is -0.887. The highest BCUT2D eigenvalue weighted by Gasteiger charge is 2.39. The molecule has 0 rings (SSSR count). The largest absolute Gasteiger partial charge is 0.467 e. The number of hydrogen-bond donors (Lipinski definition) is 2. The van der Waals surface area contributed by atoms with Crippen molar-refractivity contribution in [1.29, 1.82) is 0 Å². The number of hydrogen-bond acceptors (Lipinski definition) is 6. The Labute approximate surface area is 128 Å². The Morgan fingerprint density at radius 1 is 1.10 bits per heavy atom. The van der Waals surface area contributed by atoms with E-state index in [9.17, 15) is 15.0 Å². The van der Waals surface area contributed by atoms with Gasteiger partial charge in [0.2, 0.25) is 0 Å². The van der Waals surface area contributed by atoms with Crippen LogP contribution in [0.25, 0.3) is 0 Å². The van der Waals surface area contributed by atoms with Crippen LogP contribution in [0.5, 0.6) is 0 Å². The Hall–Kier alpha value is -0.473. The van der Waals surface area contributed by atoms with Crippen molar-refractivity contribution >= 4 is 14.3 Å².